The lowest BCUT2D eigenvalue weighted by atomic mass is 9.87. The Labute approximate surface area is 150 Å². The summed E-state index contributed by atoms with van der Waals surface area (Å²) in [5.74, 6) is 0.289. The van der Waals surface area contributed by atoms with E-state index in [-0.39, 0.29) is 11.5 Å². The summed E-state index contributed by atoms with van der Waals surface area (Å²) in [5.41, 5.74) is 1.81. The van der Waals surface area contributed by atoms with Gasteiger partial charge in [-0.15, -0.1) is 11.3 Å². The molecule has 130 valence electrons. The van der Waals surface area contributed by atoms with E-state index in [1.807, 2.05) is 35.7 Å². The van der Waals surface area contributed by atoms with Crippen LogP contribution in [0.15, 0.2) is 52.8 Å². The minimum Gasteiger partial charge on any atom is -0.388 e. The zero-order valence-corrected chi connectivity index (χ0v) is 14.7. The summed E-state index contributed by atoms with van der Waals surface area (Å²) >= 11 is 1.48. The van der Waals surface area contributed by atoms with Crippen molar-refractivity contribution in [1.29, 1.82) is 0 Å². The van der Waals surface area contributed by atoms with E-state index in [2.05, 4.69) is 9.88 Å². The van der Waals surface area contributed by atoms with Crippen LogP contribution in [0, 0.1) is 5.92 Å². The highest BCUT2D eigenvalue weighted by Gasteiger charge is 2.26. The Hall–Kier alpha value is -2.02. The number of likely N-dealkylation sites (tertiary alicyclic amines) is 1. The van der Waals surface area contributed by atoms with Gasteiger partial charge >= 0.3 is 0 Å². The number of aromatic nitrogens is 2. The fourth-order valence-corrected chi connectivity index (χ4v) is 4.29. The molecule has 3 aromatic rings. The maximum absolute atomic E-state index is 12.1. The van der Waals surface area contributed by atoms with Gasteiger partial charge in [-0.3, -0.25) is 14.1 Å². The summed E-state index contributed by atoms with van der Waals surface area (Å²) in [5, 5.41) is 12.5. The summed E-state index contributed by atoms with van der Waals surface area (Å²) in [6, 6.07) is 11.5. The molecule has 5 nitrogen and oxygen atoms in total. The number of piperidine rings is 1. The molecule has 4 rings (SSSR count). The number of aliphatic hydroxyl groups excluding tert-OH is 1. The lowest BCUT2D eigenvalue weighted by Gasteiger charge is -2.34. The van der Waals surface area contributed by atoms with Gasteiger partial charge in [0.1, 0.15) is 0 Å². The highest BCUT2D eigenvalue weighted by Crippen LogP contribution is 2.30. The molecule has 0 amide bonds. The van der Waals surface area contributed by atoms with E-state index in [1.54, 1.807) is 16.7 Å². The Kier molecular flexibility index (Phi) is 4.65. The first-order valence-corrected chi connectivity index (χ1v) is 9.50. The molecule has 6 heteroatoms. The Morgan fingerprint density at radius 2 is 2.00 bits per heavy atom. The van der Waals surface area contributed by atoms with E-state index in [0.29, 0.717) is 6.54 Å². The zero-order valence-electron chi connectivity index (χ0n) is 13.9. The van der Waals surface area contributed by atoms with Crippen LogP contribution in [0.1, 0.15) is 30.2 Å². The van der Waals surface area contributed by atoms with Crippen LogP contribution in [0.25, 0.3) is 4.96 Å². The number of hydrogen-bond donors (Lipinski definition) is 1. The van der Waals surface area contributed by atoms with Gasteiger partial charge in [0.2, 0.25) is 0 Å². The largest absolute Gasteiger partial charge is 0.388 e. The molecule has 1 N–H and O–H groups in total. The first kappa shape index (κ1) is 16.4. The summed E-state index contributed by atoms with van der Waals surface area (Å²) in [4.78, 5) is 19.7. The average molecular weight is 355 g/mol. The minimum atomic E-state index is -0.395. The van der Waals surface area contributed by atoms with Crippen LogP contribution in [0.2, 0.25) is 0 Å². The fourth-order valence-electron chi connectivity index (χ4n) is 3.55. The van der Waals surface area contributed by atoms with Crippen LogP contribution in [-0.2, 0) is 6.54 Å². The smallest absolute Gasteiger partial charge is 0.258 e. The predicted octanol–water partition coefficient (Wildman–Crippen LogP) is 2.70. The molecule has 1 aliphatic rings. The van der Waals surface area contributed by atoms with E-state index in [0.717, 1.165) is 42.1 Å². The van der Waals surface area contributed by atoms with Gasteiger partial charge in [-0.2, -0.15) is 0 Å². The third kappa shape index (κ3) is 3.51. The quantitative estimate of drug-likeness (QED) is 0.782. The molecule has 1 saturated heterocycles. The third-order valence-corrected chi connectivity index (χ3v) is 5.72. The van der Waals surface area contributed by atoms with Crippen molar-refractivity contribution in [3.63, 3.8) is 0 Å². The van der Waals surface area contributed by atoms with Gasteiger partial charge in [0.25, 0.3) is 5.56 Å². The normalized spacial score (nSPS) is 17.8. The van der Waals surface area contributed by atoms with Crippen molar-refractivity contribution < 1.29 is 5.11 Å². The molecule has 0 saturated carbocycles. The van der Waals surface area contributed by atoms with Gasteiger partial charge in [-0.25, -0.2) is 4.98 Å². The maximum Gasteiger partial charge on any atom is 0.258 e. The first-order chi connectivity index (χ1) is 12.2. The van der Waals surface area contributed by atoms with Gasteiger partial charge in [-0.05, 0) is 37.4 Å². The third-order valence-electron chi connectivity index (χ3n) is 4.96. The van der Waals surface area contributed by atoms with E-state index >= 15 is 0 Å². The van der Waals surface area contributed by atoms with Crippen molar-refractivity contribution >= 4 is 16.3 Å². The van der Waals surface area contributed by atoms with Crippen molar-refractivity contribution in [3.8, 4) is 0 Å². The SMILES string of the molecule is O=c1cc(CN2CCC([C@@H](O)c3ccccc3)CC2)nc2sccn12. The Bertz CT molecular complexity index is 898. The second-order valence-corrected chi connectivity index (χ2v) is 7.48. The Morgan fingerprint density at radius 1 is 1.24 bits per heavy atom. The number of nitrogens with zero attached hydrogens (tertiary/aromatic N) is 3. The second kappa shape index (κ2) is 7.07. The van der Waals surface area contributed by atoms with Crippen LogP contribution in [0.3, 0.4) is 0 Å². The molecule has 0 spiro atoms. The van der Waals surface area contributed by atoms with Crippen LogP contribution in [-0.4, -0.2) is 32.5 Å². The second-order valence-electron chi connectivity index (χ2n) is 6.61. The molecule has 1 aromatic carbocycles. The molecule has 25 heavy (non-hydrogen) atoms. The molecule has 1 atom stereocenters. The highest BCUT2D eigenvalue weighted by molar-refractivity contribution is 7.15. The lowest BCUT2D eigenvalue weighted by Crippen LogP contribution is -2.35. The molecule has 0 unspecified atom stereocenters. The van der Waals surface area contributed by atoms with Crippen molar-refractivity contribution in [2.75, 3.05) is 13.1 Å². The van der Waals surface area contributed by atoms with E-state index < -0.39 is 6.10 Å². The molecule has 0 radical (unpaired) electrons. The van der Waals surface area contributed by atoms with Crippen LogP contribution >= 0.6 is 11.3 Å². The lowest BCUT2D eigenvalue weighted by molar-refractivity contribution is 0.0564. The monoisotopic (exact) mass is 355 g/mol. The highest BCUT2D eigenvalue weighted by atomic mass is 32.1. The van der Waals surface area contributed by atoms with E-state index in [1.165, 1.54) is 11.3 Å². The molecular formula is C19H21N3O2S. The summed E-state index contributed by atoms with van der Waals surface area (Å²) in [7, 11) is 0. The zero-order chi connectivity index (χ0) is 17.2. The number of hydrogen-bond acceptors (Lipinski definition) is 5. The number of fused-ring (bicyclic) bond motifs is 1. The standard InChI is InChI=1S/C19H21N3O2S/c23-17-12-16(20-19-22(17)10-11-25-19)13-21-8-6-15(7-9-21)18(24)14-4-2-1-3-5-14/h1-5,10-12,15,18,24H,6-9,13H2/t18-/m0/s1. The van der Waals surface area contributed by atoms with Crippen molar-refractivity contribution in [3.05, 3.63) is 69.6 Å². The van der Waals surface area contributed by atoms with Gasteiger partial charge in [0, 0.05) is 24.2 Å². The van der Waals surface area contributed by atoms with Gasteiger partial charge in [0.05, 0.1) is 11.8 Å². The predicted molar refractivity (Wildman–Crippen MR) is 98.7 cm³/mol. The average Bonchev–Trinajstić information content (AvgIpc) is 3.12. The minimum absolute atomic E-state index is 0.0179. The number of rotatable bonds is 4. The molecular weight excluding hydrogens is 334 g/mol. The maximum atomic E-state index is 12.1. The molecule has 1 fully saturated rings. The van der Waals surface area contributed by atoms with E-state index in [4.69, 9.17) is 0 Å². The summed E-state index contributed by atoms with van der Waals surface area (Å²) in [6.45, 7) is 2.53. The van der Waals surface area contributed by atoms with Gasteiger partial charge in [0.15, 0.2) is 4.96 Å². The van der Waals surface area contributed by atoms with Crippen LogP contribution < -0.4 is 5.56 Å². The number of thiazole rings is 1. The van der Waals surface area contributed by atoms with Crippen LogP contribution in [0.4, 0.5) is 0 Å². The topological polar surface area (TPSA) is 57.8 Å². The fraction of sp³-hybridized carbons (Fsp3) is 0.368. The first-order valence-electron chi connectivity index (χ1n) is 8.62. The molecule has 0 aliphatic carbocycles. The van der Waals surface area contributed by atoms with E-state index in [9.17, 15) is 9.90 Å². The van der Waals surface area contributed by atoms with Crippen molar-refractivity contribution in [1.82, 2.24) is 14.3 Å². The summed E-state index contributed by atoms with van der Waals surface area (Å²) < 4.78 is 1.58. The van der Waals surface area contributed by atoms with Crippen molar-refractivity contribution in [2.24, 2.45) is 5.92 Å². The van der Waals surface area contributed by atoms with Gasteiger partial charge < -0.3 is 5.11 Å². The van der Waals surface area contributed by atoms with Gasteiger partial charge in [-0.1, -0.05) is 30.3 Å². The Morgan fingerprint density at radius 3 is 2.76 bits per heavy atom. The summed E-state index contributed by atoms with van der Waals surface area (Å²) in [6.07, 6.45) is 3.27. The number of benzene rings is 1. The van der Waals surface area contributed by atoms with Crippen LogP contribution in [0.5, 0.6) is 0 Å². The molecule has 0 bridgehead atoms. The molecule has 3 heterocycles. The number of aliphatic hydroxyl groups is 1. The Balaban J connectivity index is 1.39. The molecule has 2 aromatic heterocycles. The van der Waals surface area contributed by atoms with Crippen molar-refractivity contribution in [2.45, 2.75) is 25.5 Å². The molecule has 1 aliphatic heterocycles.